The molecule has 4 aromatic carbocycles. The molecule has 2 nitrogen and oxygen atoms in total. The van der Waals surface area contributed by atoms with Crippen LogP contribution in [0.15, 0.2) is 59.1 Å². The fourth-order valence-electron chi connectivity index (χ4n) is 3.51. The van der Waals surface area contributed by atoms with Crippen LogP contribution in [0.3, 0.4) is 0 Å². The molecule has 1 N–H and O–H groups in total. The Morgan fingerprint density at radius 3 is 2.33 bits per heavy atom. The third kappa shape index (κ3) is 2.53. The number of aromatic nitrogens is 2. The van der Waals surface area contributed by atoms with Crippen LogP contribution in [0.5, 0.6) is 0 Å². The first-order valence-electron chi connectivity index (χ1n) is 8.17. The largest absolute Gasteiger partial charge is 0.337 e. The molecular weight excluding hydrogens is 434 g/mol. The van der Waals surface area contributed by atoms with Crippen LogP contribution in [0.25, 0.3) is 44.0 Å². The van der Waals surface area contributed by atoms with Crippen molar-refractivity contribution in [3.05, 3.63) is 75.7 Å². The van der Waals surface area contributed by atoms with Crippen molar-refractivity contribution in [2.24, 2.45) is 0 Å². The summed E-state index contributed by atoms with van der Waals surface area (Å²) in [7, 11) is 0. The maximum Gasteiger partial charge on any atom is 0.144 e. The highest BCUT2D eigenvalue weighted by molar-refractivity contribution is 9.10. The summed E-state index contributed by atoms with van der Waals surface area (Å²) in [4.78, 5) is 7.67. The van der Waals surface area contributed by atoms with Crippen LogP contribution >= 0.6 is 27.5 Å². The molecular formula is C21H10BrClF2N2. The van der Waals surface area contributed by atoms with Crippen molar-refractivity contribution in [1.29, 1.82) is 0 Å². The third-order valence-electron chi connectivity index (χ3n) is 4.68. The van der Waals surface area contributed by atoms with E-state index in [9.17, 15) is 8.78 Å². The zero-order valence-electron chi connectivity index (χ0n) is 13.7. The Kier molecular flexibility index (Phi) is 3.71. The van der Waals surface area contributed by atoms with Gasteiger partial charge in [-0.1, -0.05) is 45.7 Å². The molecule has 0 amide bonds. The summed E-state index contributed by atoms with van der Waals surface area (Å²) in [6.07, 6.45) is 0. The fraction of sp³-hybridized carbons (Fsp3) is 0. The van der Waals surface area contributed by atoms with Crippen LogP contribution in [-0.4, -0.2) is 9.97 Å². The monoisotopic (exact) mass is 442 g/mol. The summed E-state index contributed by atoms with van der Waals surface area (Å²) in [5.74, 6) is -1.16. The quantitative estimate of drug-likeness (QED) is 0.272. The van der Waals surface area contributed by atoms with Crippen molar-refractivity contribution in [2.45, 2.75) is 0 Å². The van der Waals surface area contributed by atoms with Crippen molar-refractivity contribution in [2.75, 3.05) is 0 Å². The van der Waals surface area contributed by atoms with Crippen LogP contribution in [0.2, 0.25) is 5.02 Å². The predicted octanol–water partition coefficient (Wildman–Crippen LogP) is 7.23. The molecule has 0 aliphatic carbocycles. The van der Waals surface area contributed by atoms with Gasteiger partial charge < -0.3 is 4.98 Å². The van der Waals surface area contributed by atoms with Gasteiger partial charge in [-0.25, -0.2) is 13.8 Å². The molecule has 0 unspecified atom stereocenters. The number of benzene rings is 4. The van der Waals surface area contributed by atoms with Crippen molar-refractivity contribution in [3.63, 3.8) is 0 Å². The number of nitrogens with zero attached hydrogens (tertiary/aromatic N) is 1. The smallest absolute Gasteiger partial charge is 0.144 e. The maximum atomic E-state index is 14.3. The number of hydrogen-bond donors (Lipinski definition) is 1. The molecule has 0 saturated heterocycles. The molecule has 5 rings (SSSR count). The van der Waals surface area contributed by atoms with Gasteiger partial charge in [0, 0.05) is 20.3 Å². The number of aromatic amines is 1. The molecule has 0 fully saturated rings. The van der Waals surface area contributed by atoms with Gasteiger partial charge in [0.05, 0.1) is 16.6 Å². The van der Waals surface area contributed by atoms with E-state index in [-0.39, 0.29) is 11.4 Å². The first kappa shape index (κ1) is 16.7. The molecule has 0 aliphatic heterocycles. The highest BCUT2D eigenvalue weighted by Gasteiger charge is 2.18. The Morgan fingerprint density at radius 2 is 1.56 bits per heavy atom. The van der Waals surface area contributed by atoms with Crippen LogP contribution < -0.4 is 0 Å². The topological polar surface area (TPSA) is 28.7 Å². The Balaban J connectivity index is 1.98. The van der Waals surface area contributed by atoms with Gasteiger partial charge in [-0.15, -0.1) is 0 Å². The lowest BCUT2D eigenvalue weighted by Gasteiger charge is -2.07. The molecule has 0 aliphatic rings. The lowest BCUT2D eigenvalue weighted by molar-refractivity contribution is 0.588. The standard InChI is InChI=1S/C21H10BrClF2N2/c22-10-4-6-12-14(8-10)15-9-11(23)5-7-13(15)20-19(12)26-21(27-20)18-16(24)2-1-3-17(18)25/h1-9H,(H,26,27). The van der Waals surface area contributed by atoms with Gasteiger partial charge in [0.25, 0.3) is 0 Å². The third-order valence-corrected chi connectivity index (χ3v) is 5.41. The first-order chi connectivity index (χ1) is 13.0. The number of nitrogens with one attached hydrogen (secondary N) is 1. The summed E-state index contributed by atoms with van der Waals surface area (Å²) in [5, 5.41) is 4.28. The Bertz CT molecular complexity index is 1280. The van der Waals surface area contributed by atoms with E-state index in [1.807, 2.05) is 30.3 Å². The SMILES string of the molecule is Fc1cccc(F)c1-c1nc2c3ccc(Br)cc3c3cc(Cl)ccc3c2[nH]1. The molecule has 27 heavy (non-hydrogen) atoms. The van der Waals surface area contributed by atoms with Gasteiger partial charge in [-0.05, 0) is 47.2 Å². The van der Waals surface area contributed by atoms with E-state index in [0.717, 1.165) is 26.0 Å². The Morgan fingerprint density at radius 1 is 0.852 bits per heavy atom. The van der Waals surface area contributed by atoms with Crippen LogP contribution in [0.1, 0.15) is 0 Å². The van der Waals surface area contributed by atoms with E-state index < -0.39 is 11.6 Å². The predicted molar refractivity (Wildman–Crippen MR) is 109 cm³/mol. The molecule has 0 bridgehead atoms. The number of H-pyrrole nitrogens is 1. The molecule has 6 heteroatoms. The molecule has 0 atom stereocenters. The second-order valence-corrected chi connectivity index (χ2v) is 7.64. The number of imidazole rings is 1. The zero-order valence-corrected chi connectivity index (χ0v) is 16.0. The van der Waals surface area contributed by atoms with Gasteiger partial charge in [0.2, 0.25) is 0 Å². The summed E-state index contributed by atoms with van der Waals surface area (Å²) in [6.45, 7) is 0. The molecule has 0 radical (unpaired) electrons. The second kappa shape index (κ2) is 6.01. The highest BCUT2D eigenvalue weighted by Crippen LogP contribution is 2.38. The van der Waals surface area contributed by atoms with Gasteiger partial charge in [-0.2, -0.15) is 0 Å². The lowest BCUT2D eigenvalue weighted by atomic mass is 10.00. The molecule has 0 saturated carbocycles. The molecule has 1 heterocycles. The number of rotatable bonds is 1. The van der Waals surface area contributed by atoms with Crippen molar-refractivity contribution < 1.29 is 8.78 Å². The van der Waals surface area contributed by atoms with E-state index in [1.54, 1.807) is 6.07 Å². The lowest BCUT2D eigenvalue weighted by Crippen LogP contribution is -1.91. The summed E-state index contributed by atoms with van der Waals surface area (Å²) in [5.41, 5.74) is 1.21. The van der Waals surface area contributed by atoms with Gasteiger partial charge >= 0.3 is 0 Å². The van der Waals surface area contributed by atoms with Crippen LogP contribution in [0, 0.1) is 11.6 Å². The van der Waals surface area contributed by atoms with Crippen LogP contribution in [0.4, 0.5) is 8.78 Å². The van der Waals surface area contributed by atoms with E-state index in [1.165, 1.54) is 18.2 Å². The first-order valence-corrected chi connectivity index (χ1v) is 9.34. The Labute approximate surface area is 165 Å². The summed E-state index contributed by atoms with van der Waals surface area (Å²) in [6, 6.07) is 15.2. The van der Waals surface area contributed by atoms with Crippen molar-refractivity contribution >= 4 is 60.1 Å². The average molecular weight is 444 g/mol. The summed E-state index contributed by atoms with van der Waals surface area (Å²) >= 11 is 9.72. The van der Waals surface area contributed by atoms with Crippen molar-refractivity contribution in [3.8, 4) is 11.4 Å². The normalized spacial score (nSPS) is 11.7. The minimum atomic E-state index is -0.659. The number of halogens is 4. The van der Waals surface area contributed by atoms with E-state index in [2.05, 4.69) is 25.9 Å². The highest BCUT2D eigenvalue weighted by atomic mass is 79.9. The van der Waals surface area contributed by atoms with E-state index in [4.69, 9.17) is 11.6 Å². The van der Waals surface area contributed by atoms with Gasteiger partial charge in [-0.3, -0.25) is 0 Å². The summed E-state index contributed by atoms with van der Waals surface area (Å²) < 4.78 is 29.5. The fourth-order valence-corrected chi connectivity index (χ4v) is 4.04. The molecule has 132 valence electrons. The number of fused-ring (bicyclic) bond motifs is 6. The Hall–Kier alpha value is -2.50. The van der Waals surface area contributed by atoms with Crippen LogP contribution in [-0.2, 0) is 0 Å². The second-order valence-electron chi connectivity index (χ2n) is 6.29. The molecule has 5 aromatic rings. The minimum absolute atomic E-state index is 0.160. The molecule has 1 aromatic heterocycles. The maximum absolute atomic E-state index is 14.3. The van der Waals surface area contributed by atoms with E-state index in [0.29, 0.717) is 16.1 Å². The minimum Gasteiger partial charge on any atom is -0.337 e. The molecule has 0 spiro atoms. The zero-order chi connectivity index (χ0) is 18.7. The van der Waals surface area contributed by atoms with E-state index >= 15 is 0 Å². The number of hydrogen-bond acceptors (Lipinski definition) is 1. The van der Waals surface area contributed by atoms with Crippen molar-refractivity contribution in [1.82, 2.24) is 9.97 Å². The van der Waals surface area contributed by atoms with Gasteiger partial charge in [0.1, 0.15) is 17.5 Å². The average Bonchev–Trinajstić information content (AvgIpc) is 3.06. The van der Waals surface area contributed by atoms with Gasteiger partial charge in [0.15, 0.2) is 0 Å².